The number of aromatic nitrogens is 2. The van der Waals surface area contributed by atoms with Crippen LogP contribution < -0.4 is 10.2 Å². The van der Waals surface area contributed by atoms with Gasteiger partial charge < -0.3 is 10.2 Å². The first-order valence-corrected chi connectivity index (χ1v) is 9.46. The summed E-state index contributed by atoms with van der Waals surface area (Å²) in [4.78, 5) is 18.9. The molecule has 5 nitrogen and oxygen atoms in total. The minimum atomic E-state index is 0.260. The van der Waals surface area contributed by atoms with Gasteiger partial charge in [0.25, 0.3) is 0 Å². The Morgan fingerprint density at radius 3 is 2.55 bits per heavy atom. The molecule has 0 atom stereocenters. The average molecular weight is 320 g/mol. The molecule has 4 rings (SSSR count). The van der Waals surface area contributed by atoms with Crippen LogP contribution in [0.15, 0.2) is 0 Å². The molecule has 3 aliphatic rings. The maximum atomic E-state index is 11.9. The summed E-state index contributed by atoms with van der Waals surface area (Å²) in [6, 6.07) is 0.301. The predicted molar refractivity (Wildman–Crippen MR) is 87.2 cm³/mol. The SMILES string of the molecule is O=C(NC1CN(c2nc(C3CCCCC3)ns2)C1)C1CCC1. The van der Waals surface area contributed by atoms with E-state index in [1.54, 1.807) is 0 Å². The van der Waals surface area contributed by atoms with Crippen LogP contribution in [0.3, 0.4) is 0 Å². The van der Waals surface area contributed by atoms with E-state index in [-0.39, 0.29) is 11.8 Å². The van der Waals surface area contributed by atoms with Gasteiger partial charge in [-0.15, -0.1) is 0 Å². The first-order valence-electron chi connectivity index (χ1n) is 8.68. The number of anilines is 1. The zero-order chi connectivity index (χ0) is 14.9. The molecule has 0 spiro atoms. The maximum Gasteiger partial charge on any atom is 0.223 e. The number of rotatable bonds is 4. The van der Waals surface area contributed by atoms with Gasteiger partial charge in [0, 0.05) is 36.5 Å². The number of carbonyl (C=O) groups excluding carboxylic acids is 1. The molecule has 3 fully saturated rings. The molecular weight excluding hydrogens is 296 g/mol. The van der Waals surface area contributed by atoms with Crippen molar-refractivity contribution in [2.24, 2.45) is 5.92 Å². The highest BCUT2D eigenvalue weighted by molar-refractivity contribution is 7.09. The summed E-state index contributed by atoms with van der Waals surface area (Å²) in [7, 11) is 0. The Morgan fingerprint density at radius 1 is 1.09 bits per heavy atom. The molecular formula is C16H24N4OS. The molecule has 1 N–H and O–H groups in total. The molecule has 1 aromatic rings. The highest BCUT2D eigenvalue weighted by Crippen LogP contribution is 2.34. The molecule has 2 aliphatic carbocycles. The van der Waals surface area contributed by atoms with Crippen molar-refractivity contribution in [1.29, 1.82) is 0 Å². The van der Waals surface area contributed by atoms with Gasteiger partial charge in [-0.1, -0.05) is 25.7 Å². The quantitative estimate of drug-likeness (QED) is 0.926. The summed E-state index contributed by atoms with van der Waals surface area (Å²) in [6.07, 6.45) is 9.85. The van der Waals surface area contributed by atoms with Crippen LogP contribution in [0.25, 0.3) is 0 Å². The lowest BCUT2D eigenvalue weighted by Gasteiger charge is -2.40. The van der Waals surface area contributed by atoms with Gasteiger partial charge in [0.05, 0.1) is 6.04 Å². The van der Waals surface area contributed by atoms with Crippen LogP contribution in [-0.4, -0.2) is 34.4 Å². The minimum Gasteiger partial charge on any atom is -0.350 e. The molecule has 1 aliphatic heterocycles. The third kappa shape index (κ3) is 2.85. The summed E-state index contributed by atoms with van der Waals surface area (Å²) < 4.78 is 4.58. The first kappa shape index (κ1) is 14.4. The van der Waals surface area contributed by atoms with E-state index < -0.39 is 0 Å². The fourth-order valence-corrected chi connectivity index (χ4v) is 4.36. The average Bonchev–Trinajstić information content (AvgIpc) is 2.90. The zero-order valence-corrected chi connectivity index (χ0v) is 13.8. The smallest absolute Gasteiger partial charge is 0.223 e. The fraction of sp³-hybridized carbons (Fsp3) is 0.812. The second-order valence-electron chi connectivity index (χ2n) is 7.01. The number of carbonyl (C=O) groups is 1. The molecule has 0 unspecified atom stereocenters. The van der Waals surface area contributed by atoms with Crippen molar-refractivity contribution in [3.8, 4) is 0 Å². The van der Waals surface area contributed by atoms with Crippen molar-refractivity contribution in [1.82, 2.24) is 14.7 Å². The molecule has 0 aromatic carbocycles. The van der Waals surface area contributed by atoms with Gasteiger partial charge in [0.2, 0.25) is 11.0 Å². The lowest BCUT2D eigenvalue weighted by molar-refractivity contribution is -0.128. The monoisotopic (exact) mass is 320 g/mol. The second-order valence-corrected chi connectivity index (χ2v) is 7.74. The highest BCUT2D eigenvalue weighted by atomic mass is 32.1. The summed E-state index contributed by atoms with van der Waals surface area (Å²) >= 11 is 1.52. The highest BCUT2D eigenvalue weighted by Gasteiger charge is 2.34. The van der Waals surface area contributed by atoms with E-state index in [1.165, 1.54) is 50.1 Å². The van der Waals surface area contributed by atoms with Crippen LogP contribution in [0.1, 0.15) is 63.1 Å². The largest absolute Gasteiger partial charge is 0.350 e. The van der Waals surface area contributed by atoms with Crippen LogP contribution in [0.5, 0.6) is 0 Å². The molecule has 22 heavy (non-hydrogen) atoms. The van der Waals surface area contributed by atoms with Gasteiger partial charge in [-0.2, -0.15) is 4.37 Å². The topological polar surface area (TPSA) is 58.1 Å². The molecule has 2 saturated carbocycles. The molecule has 1 aromatic heterocycles. The Hall–Kier alpha value is -1.17. The van der Waals surface area contributed by atoms with Crippen LogP contribution in [-0.2, 0) is 4.79 Å². The normalized spacial score (nSPS) is 23.9. The van der Waals surface area contributed by atoms with E-state index in [1.807, 2.05) is 0 Å². The van der Waals surface area contributed by atoms with Crippen LogP contribution >= 0.6 is 11.5 Å². The third-order valence-electron chi connectivity index (χ3n) is 5.38. The Balaban J connectivity index is 1.27. The van der Waals surface area contributed by atoms with Gasteiger partial charge in [0.1, 0.15) is 5.82 Å². The van der Waals surface area contributed by atoms with Gasteiger partial charge in [-0.3, -0.25) is 4.79 Å². The van der Waals surface area contributed by atoms with Crippen molar-refractivity contribution in [3.05, 3.63) is 5.82 Å². The minimum absolute atomic E-state index is 0.260. The summed E-state index contributed by atoms with van der Waals surface area (Å²) in [5, 5.41) is 4.20. The maximum absolute atomic E-state index is 11.9. The summed E-state index contributed by atoms with van der Waals surface area (Å²) in [5.41, 5.74) is 0. The molecule has 1 saturated heterocycles. The number of hydrogen-bond donors (Lipinski definition) is 1. The Morgan fingerprint density at radius 2 is 1.86 bits per heavy atom. The third-order valence-corrected chi connectivity index (χ3v) is 6.17. The van der Waals surface area contributed by atoms with Crippen molar-refractivity contribution < 1.29 is 4.79 Å². The van der Waals surface area contributed by atoms with Gasteiger partial charge in [0.15, 0.2) is 0 Å². The van der Waals surface area contributed by atoms with E-state index in [9.17, 15) is 4.79 Å². The molecule has 0 radical (unpaired) electrons. The standard InChI is InChI=1S/C16H24N4OS/c21-15(12-7-4-8-12)17-13-9-20(10-13)16-18-14(19-22-16)11-5-2-1-3-6-11/h11-13H,1-10H2,(H,17,21). The number of nitrogens with zero attached hydrogens (tertiary/aromatic N) is 3. The van der Waals surface area contributed by atoms with Gasteiger partial charge in [-0.05, 0) is 25.7 Å². The van der Waals surface area contributed by atoms with E-state index in [0.717, 1.165) is 36.9 Å². The number of hydrogen-bond acceptors (Lipinski definition) is 5. The van der Waals surface area contributed by atoms with Crippen LogP contribution in [0, 0.1) is 5.92 Å². The number of amides is 1. The number of nitrogens with one attached hydrogen (secondary N) is 1. The lowest BCUT2D eigenvalue weighted by Crippen LogP contribution is -2.60. The summed E-state index contributed by atoms with van der Waals surface area (Å²) in [5.74, 6) is 2.18. The summed E-state index contributed by atoms with van der Waals surface area (Å²) in [6.45, 7) is 1.77. The molecule has 1 amide bonds. The first-order chi connectivity index (χ1) is 10.8. The predicted octanol–water partition coefficient (Wildman–Crippen LogP) is 2.69. The van der Waals surface area contributed by atoms with Gasteiger partial charge in [-0.25, -0.2) is 4.98 Å². The van der Waals surface area contributed by atoms with Crippen LogP contribution in [0.4, 0.5) is 5.13 Å². The van der Waals surface area contributed by atoms with E-state index >= 15 is 0 Å². The second kappa shape index (κ2) is 6.14. The Kier molecular flexibility index (Phi) is 4.03. The van der Waals surface area contributed by atoms with E-state index in [2.05, 4.69) is 14.6 Å². The zero-order valence-electron chi connectivity index (χ0n) is 13.0. The Bertz CT molecular complexity index is 530. The van der Waals surface area contributed by atoms with Crippen LogP contribution in [0.2, 0.25) is 0 Å². The lowest BCUT2D eigenvalue weighted by atomic mass is 9.84. The van der Waals surface area contributed by atoms with Crippen molar-refractivity contribution >= 4 is 22.6 Å². The van der Waals surface area contributed by atoms with Gasteiger partial charge >= 0.3 is 0 Å². The van der Waals surface area contributed by atoms with Crippen molar-refractivity contribution in [2.75, 3.05) is 18.0 Å². The molecule has 6 heteroatoms. The molecule has 2 heterocycles. The fourth-order valence-electron chi connectivity index (χ4n) is 3.60. The van der Waals surface area contributed by atoms with Crippen molar-refractivity contribution in [3.63, 3.8) is 0 Å². The van der Waals surface area contributed by atoms with E-state index in [4.69, 9.17) is 4.98 Å². The van der Waals surface area contributed by atoms with Crippen molar-refractivity contribution in [2.45, 2.75) is 63.3 Å². The van der Waals surface area contributed by atoms with E-state index in [0.29, 0.717) is 12.0 Å². The molecule has 120 valence electrons. The molecule has 0 bridgehead atoms. The Labute approximate surface area is 135 Å².